The van der Waals surface area contributed by atoms with E-state index < -0.39 is 4.92 Å². The number of nitrogens with zero attached hydrogens (tertiary/aromatic N) is 2. The summed E-state index contributed by atoms with van der Waals surface area (Å²) >= 11 is 0. The highest BCUT2D eigenvalue weighted by atomic mass is 16.6. The fraction of sp³-hybridized carbons (Fsp3) is 0.350. The molecule has 1 heterocycles. The molecule has 6 heteroatoms. The molecule has 1 saturated heterocycles. The van der Waals surface area contributed by atoms with Gasteiger partial charge in [0.2, 0.25) is 5.91 Å². The first-order valence-electron chi connectivity index (χ1n) is 8.90. The van der Waals surface area contributed by atoms with Crippen molar-refractivity contribution in [1.82, 2.24) is 10.2 Å². The van der Waals surface area contributed by atoms with Crippen LogP contribution < -0.4 is 5.32 Å². The molecule has 2 aromatic carbocycles. The van der Waals surface area contributed by atoms with Crippen LogP contribution in [0.2, 0.25) is 0 Å². The monoisotopic (exact) mass is 353 g/mol. The number of hydrogen-bond acceptors (Lipinski definition) is 4. The van der Waals surface area contributed by atoms with Gasteiger partial charge in [0.25, 0.3) is 5.69 Å². The van der Waals surface area contributed by atoms with E-state index in [-0.39, 0.29) is 18.0 Å². The summed E-state index contributed by atoms with van der Waals surface area (Å²) in [6.45, 7) is 3.84. The number of hydrogen-bond donors (Lipinski definition) is 1. The van der Waals surface area contributed by atoms with Gasteiger partial charge in [-0.15, -0.1) is 0 Å². The van der Waals surface area contributed by atoms with Crippen LogP contribution in [0.15, 0.2) is 48.5 Å². The molecular formula is C20H23N3O3. The van der Waals surface area contributed by atoms with Gasteiger partial charge in [0.05, 0.1) is 11.3 Å². The molecule has 1 fully saturated rings. The molecule has 2 aromatic rings. The zero-order chi connectivity index (χ0) is 18.4. The van der Waals surface area contributed by atoms with Crippen molar-refractivity contribution in [2.75, 3.05) is 13.1 Å². The van der Waals surface area contributed by atoms with E-state index in [2.05, 4.69) is 34.5 Å². The Bertz CT molecular complexity index is 751. The lowest BCUT2D eigenvalue weighted by Gasteiger charge is -2.14. The molecule has 0 bridgehead atoms. The Labute approximate surface area is 153 Å². The summed E-state index contributed by atoms with van der Waals surface area (Å²) in [4.78, 5) is 24.7. The summed E-state index contributed by atoms with van der Waals surface area (Å²) in [5.74, 6) is -0.0972. The molecular weight excluding hydrogens is 330 g/mol. The SMILES string of the molecule is O=C(Cc1ccc([N+](=O)[O-])cc1)NCc1ccc(CN2CCCC2)cc1. The van der Waals surface area contributed by atoms with E-state index in [1.165, 1.54) is 43.6 Å². The Kier molecular flexibility index (Phi) is 5.96. The maximum atomic E-state index is 12.0. The molecule has 1 N–H and O–H groups in total. The third kappa shape index (κ3) is 5.13. The number of non-ortho nitro benzene ring substituents is 1. The largest absolute Gasteiger partial charge is 0.352 e. The van der Waals surface area contributed by atoms with Crippen molar-refractivity contribution in [3.05, 3.63) is 75.3 Å². The second-order valence-corrected chi connectivity index (χ2v) is 6.68. The topological polar surface area (TPSA) is 75.5 Å². The number of nitro groups is 1. The van der Waals surface area contributed by atoms with Crippen LogP contribution in [0.4, 0.5) is 5.69 Å². The molecule has 6 nitrogen and oxygen atoms in total. The first kappa shape index (κ1) is 18.1. The summed E-state index contributed by atoms with van der Waals surface area (Å²) in [5.41, 5.74) is 3.15. The fourth-order valence-electron chi connectivity index (χ4n) is 3.15. The van der Waals surface area contributed by atoms with E-state index in [0.29, 0.717) is 6.54 Å². The predicted octanol–water partition coefficient (Wildman–Crippen LogP) is 3.05. The summed E-state index contributed by atoms with van der Waals surface area (Å²) in [6.07, 6.45) is 2.79. The molecule has 0 aliphatic carbocycles. The number of likely N-dealkylation sites (tertiary alicyclic amines) is 1. The Morgan fingerprint density at radius 1 is 0.962 bits per heavy atom. The second-order valence-electron chi connectivity index (χ2n) is 6.68. The highest BCUT2D eigenvalue weighted by Gasteiger charge is 2.11. The Hall–Kier alpha value is -2.73. The standard InChI is InChI=1S/C20H23N3O3/c24-20(13-16-7-9-19(10-8-16)23(25)26)21-14-17-3-5-18(6-4-17)15-22-11-1-2-12-22/h3-10H,1-2,11-15H2,(H,21,24). The van der Waals surface area contributed by atoms with Gasteiger partial charge in [0.15, 0.2) is 0 Å². The number of nitro benzene ring substituents is 1. The smallest absolute Gasteiger partial charge is 0.269 e. The van der Waals surface area contributed by atoms with E-state index in [9.17, 15) is 14.9 Å². The fourth-order valence-corrected chi connectivity index (χ4v) is 3.15. The van der Waals surface area contributed by atoms with Gasteiger partial charge in [-0.05, 0) is 42.6 Å². The van der Waals surface area contributed by atoms with Crippen LogP contribution in [0.5, 0.6) is 0 Å². The number of carbonyl (C=O) groups excluding carboxylic acids is 1. The first-order valence-corrected chi connectivity index (χ1v) is 8.90. The third-order valence-electron chi connectivity index (χ3n) is 4.63. The molecule has 1 aliphatic rings. The van der Waals surface area contributed by atoms with Gasteiger partial charge in [0, 0.05) is 25.2 Å². The summed E-state index contributed by atoms with van der Waals surface area (Å²) in [7, 11) is 0. The molecule has 1 aliphatic heterocycles. The van der Waals surface area contributed by atoms with E-state index in [0.717, 1.165) is 17.7 Å². The number of amides is 1. The Morgan fingerprint density at radius 3 is 2.15 bits per heavy atom. The van der Waals surface area contributed by atoms with Gasteiger partial charge in [-0.2, -0.15) is 0 Å². The molecule has 26 heavy (non-hydrogen) atoms. The van der Waals surface area contributed by atoms with Crippen LogP contribution in [0.3, 0.4) is 0 Å². The summed E-state index contributed by atoms with van der Waals surface area (Å²) < 4.78 is 0. The molecule has 3 rings (SSSR count). The minimum absolute atomic E-state index is 0.0307. The first-order chi connectivity index (χ1) is 12.6. The Morgan fingerprint density at radius 2 is 1.54 bits per heavy atom. The van der Waals surface area contributed by atoms with Crippen molar-refractivity contribution in [2.45, 2.75) is 32.4 Å². The second kappa shape index (κ2) is 8.58. The van der Waals surface area contributed by atoms with E-state index in [4.69, 9.17) is 0 Å². The average Bonchev–Trinajstić information content (AvgIpc) is 3.15. The van der Waals surface area contributed by atoms with Gasteiger partial charge >= 0.3 is 0 Å². The van der Waals surface area contributed by atoms with Crippen LogP contribution in [0.1, 0.15) is 29.5 Å². The van der Waals surface area contributed by atoms with Crippen molar-refractivity contribution in [3.8, 4) is 0 Å². The average molecular weight is 353 g/mol. The van der Waals surface area contributed by atoms with Crippen LogP contribution in [0.25, 0.3) is 0 Å². The van der Waals surface area contributed by atoms with Crippen molar-refractivity contribution >= 4 is 11.6 Å². The van der Waals surface area contributed by atoms with Gasteiger partial charge in [-0.1, -0.05) is 36.4 Å². The van der Waals surface area contributed by atoms with Gasteiger partial charge in [-0.3, -0.25) is 19.8 Å². The summed E-state index contributed by atoms with van der Waals surface area (Å²) in [5, 5.41) is 13.5. The van der Waals surface area contributed by atoms with Crippen LogP contribution in [0, 0.1) is 10.1 Å². The molecule has 0 radical (unpaired) electrons. The molecule has 0 unspecified atom stereocenters. The van der Waals surface area contributed by atoms with E-state index >= 15 is 0 Å². The van der Waals surface area contributed by atoms with Crippen molar-refractivity contribution in [3.63, 3.8) is 0 Å². The molecule has 0 aromatic heterocycles. The van der Waals surface area contributed by atoms with Crippen LogP contribution >= 0.6 is 0 Å². The Balaban J connectivity index is 1.45. The van der Waals surface area contributed by atoms with Gasteiger partial charge in [-0.25, -0.2) is 0 Å². The molecule has 0 spiro atoms. The molecule has 136 valence electrons. The van der Waals surface area contributed by atoms with Gasteiger partial charge in [0.1, 0.15) is 0 Å². The number of rotatable bonds is 7. The number of benzene rings is 2. The van der Waals surface area contributed by atoms with Crippen molar-refractivity contribution < 1.29 is 9.72 Å². The number of nitrogens with one attached hydrogen (secondary N) is 1. The zero-order valence-electron chi connectivity index (χ0n) is 14.7. The lowest BCUT2D eigenvalue weighted by molar-refractivity contribution is -0.384. The summed E-state index contributed by atoms with van der Waals surface area (Å²) in [6, 6.07) is 14.4. The maximum Gasteiger partial charge on any atom is 0.269 e. The maximum absolute atomic E-state index is 12.0. The van der Waals surface area contributed by atoms with Crippen molar-refractivity contribution in [1.29, 1.82) is 0 Å². The highest BCUT2D eigenvalue weighted by molar-refractivity contribution is 5.78. The molecule has 0 saturated carbocycles. The third-order valence-corrected chi connectivity index (χ3v) is 4.63. The van der Waals surface area contributed by atoms with Crippen LogP contribution in [-0.4, -0.2) is 28.8 Å². The lowest BCUT2D eigenvalue weighted by atomic mass is 10.1. The normalized spacial score (nSPS) is 14.3. The molecule has 1 amide bonds. The van der Waals surface area contributed by atoms with Crippen LogP contribution in [-0.2, 0) is 24.3 Å². The predicted molar refractivity (Wildman–Crippen MR) is 99.6 cm³/mol. The zero-order valence-corrected chi connectivity index (χ0v) is 14.7. The van der Waals surface area contributed by atoms with Gasteiger partial charge < -0.3 is 5.32 Å². The molecule has 0 atom stereocenters. The van der Waals surface area contributed by atoms with Crippen molar-refractivity contribution in [2.24, 2.45) is 0 Å². The lowest BCUT2D eigenvalue weighted by Crippen LogP contribution is -2.24. The minimum atomic E-state index is -0.447. The minimum Gasteiger partial charge on any atom is -0.352 e. The quantitative estimate of drug-likeness (QED) is 0.613. The van der Waals surface area contributed by atoms with E-state index in [1.54, 1.807) is 12.1 Å². The highest BCUT2D eigenvalue weighted by Crippen LogP contribution is 2.14. The number of carbonyl (C=O) groups is 1. The van der Waals surface area contributed by atoms with E-state index in [1.807, 2.05) is 0 Å².